The van der Waals surface area contributed by atoms with Crippen molar-refractivity contribution in [2.75, 3.05) is 0 Å². The van der Waals surface area contributed by atoms with Gasteiger partial charge in [0.2, 0.25) is 0 Å². The zero-order chi connectivity index (χ0) is 11.2. The molecule has 0 nitrogen and oxygen atoms in total. The van der Waals surface area contributed by atoms with Crippen molar-refractivity contribution in [1.82, 2.24) is 0 Å². The van der Waals surface area contributed by atoms with Crippen molar-refractivity contribution in [3.63, 3.8) is 0 Å². The Labute approximate surface area is 102 Å². The maximum atomic E-state index is 2.36. The van der Waals surface area contributed by atoms with Crippen LogP contribution in [0.4, 0.5) is 0 Å². The molecule has 2 rings (SSSR count). The molecule has 16 heavy (non-hydrogen) atoms. The van der Waals surface area contributed by atoms with E-state index in [1.807, 2.05) is 0 Å². The van der Waals surface area contributed by atoms with Crippen molar-refractivity contribution in [2.24, 2.45) is 17.8 Å². The van der Waals surface area contributed by atoms with Crippen molar-refractivity contribution >= 4 is 0 Å². The minimum atomic E-state index is 1.10. The first kappa shape index (κ1) is 12.5. The fraction of sp³-hybridized carbons (Fsp3) is 1.00. The van der Waals surface area contributed by atoms with Gasteiger partial charge in [0.25, 0.3) is 0 Å². The third kappa shape index (κ3) is 3.50. The summed E-state index contributed by atoms with van der Waals surface area (Å²) in [5.74, 6) is 3.36. The second-order valence-electron chi connectivity index (χ2n) is 6.32. The summed E-state index contributed by atoms with van der Waals surface area (Å²) in [6.07, 6.45) is 18.3. The Morgan fingerprint density at radius 3 is 2.19 bits per heavy atom. The van der Waals surface area contributed by atoms with Crippen LogP contribution in [0.5, 0.6) is 0 Å². The fourth-order valence-corrected chi connectivity index (χ4v) is 3.52. The summed E-state index contributed by atoms with van der Waals surface area (Å²) in [5, 5.41) is 0. The minimum Gasteiger partial charge on any atom is -0.0654 e. The van der Waals surface area contributed by atoms with Crippen molar-refractivity contribution < 1.29 is 0 Å². The zero-order valence-corrected chi connectivity index (χ0v) is 11.2. The van der Waals surface area contributed by atoms with E-state index in [1.165, 1.54) is 38.5 Å². The van der Waals surface area contributed by atoms with E-state index in [1.54, 1.807) is 38.5 Å². The maximum absolute atomic E-state index is 2.36. The highest BCUT2D eigenvalue weighted by Gasteiger charge is 2.26. The molecule has 0 amide bonds. The van der Waals surface area contributed by atoms with E-state index < -0.39 is 0 Å². The molecule has 0 bridgehead atoms. The lowest BCUT2D eigenvalue weighted by Gasteiger charge is -2.34. The minimum absolute atomic E-state index is 1.10. The van der Waals surface area contributed by atoms with E-state index in [9.17, 15) is 0 Å². The van der Waals surface area contributed by atoms with E-state index in [2.05, 4.69) is 6.92 Å². The summed E-state index contributed by atoms with van der Waals surface area (Å²) in [6.45, 7) is 2.36. The van der Waals surface area contributed by atoms with Crippen LogP contribution in [0, 0.1) is 17.8 Å². The monoisotopic (exact) mass is 222 g/mol. The second-order valence-corrected chi connectivity index (χ2v) is 6.32. The third-order valence-corrected chi connectivity index (χ3v) is 5.14. The fourth-order valence-electron chi connectivity index (χ4n) is 3.52. The highest BCUT2D eigenvalue weighted by atomic mass is 14.3. The lowest BCUT2D eigenvalue weighted by atomic mass is 9.72. The van der Waals surface area contributed by atoms with Crippen LogP contribution in [0.15, 0.2) is 0 Å². The van der Waals surface area contributed by atoms with Gasteiger partial charge in [0.15, 0.2) is 0 Å². The molecule has 0 aromatic rings. The number of rotatable bonds is 8. The highest BCUT2D eigenvalue weighted by molar-refractivity contribution is 4.78. The largest absolute Gasteiger partial charge is 0.0654 e. The standard InChI is InChI=1S/C16H30/c1-2-7-15(16-12-6-13-16)11-4-3-8-14-9-5-10-14/h14-16H,2-13H2,1H3. The molecule has 0 aromatic carbocycles. The Balaban J connectivity index is 1.53. The smallest absolute Gasteiger partial charge is 0.0386 e. The van der Waals surface area contributed by atoms with E-state index in [0.29, 0.717) is 0 Å². The van der Waals surface area contributed by atoms with E-state index >= 15 is 0 Å². The maximum Gasteiger partial charge on any atom is -0.0386 e. The van der Waals surface area contributed by atoms with Gasteiger partial charge in [0, 0.05) is 0 Å². The van der Waals surface area contributed by atoms with Gasteiger partial charge >= 0.3 is 0 Å². The van der Waals surface area contributed by atoms with Gasteiger partial charge in [-0.25, -0.2) is 0 Å². The van der Waals surface area contributed by atoms with Gasteiger partial charge in [-0.2, -0.15) is 0 Å². The Bertz CT molecular complexity index is 176. The first-order valence-electron chi connectivity index (χ1n) is 7.90. The van der Waals surface area contributed by atoms with Gasteiger partial charge in [-0.1, -0.05) is 84.0 Å². The summed E-state index contributed by atoms with van der Waals surface area (Å²) in [5.41, 5.74) is 0. The van der Waals surface area contributed by atoms with Gasteiger partial charge in [-0.05, 0) is 17.8 Å². The molecule has 94 valence electrons. The van der Waals surface area contributed by atoms with Crippen LogP contribution in [0.25, 0.3) is 0 Å². The summed E-state index contributed by atoms with van der Waals surface area (Å²) < 4.78 is 0. The van der Waals surface area contributed by atoms with Gasteiger partial charge < -0.3 is 0 Å². The quantitative estimate of drug-likeness (QED) is 0.471. The first-order valence-corrected chi connectivity index (χ1v) is 7.90. The van der Waals surface area contributed by atoms with Crippen LogP contribution in [0.2, 0.25) is 0 Å². The van der Waals surface area contributed by atoms with E-state index in [0.717, 1.165) is 17.8 Å². The van der Waals surface area contributed by atoms with E-state index in [-0.39, 0.29) is 0 Å². The van der Waals surface area contributed by atoms with E-state index in [4.69, 9.17) is 0 Å². The average Bonchev–Trinajstić information content (AvgIpc) is 2.12. The lowest BCUT2D eigenvalue weighted by molar-refractivity contribution is 0.178. The van der Waals surface area contributed by atoms with Crippen molar-refractivity contribution in [3.05, 3.63) is 0 Å². The third-order valence-electron chi connectivity index (χ3n) is 5.14. The SMILES string of the molecule is CCCC(CCCCC1CCC1)C1CCC1. The van der Waals surface area contributed by atoms with Gasteiger partial charge in [-0.15, -0.1) is 0 Å². The number of hydrogen-bond acceptors (Lipinski definition) is 0. The summed E-state index contributed by atoms with van der Waals surface area (Å²) in [6, 6.07) is 0. The normalized spacial score (nSPS) is 23.8. The molecular weight excluding hydrogens is 192 g/mol. The molecule has 0 heteroatoms. The topological polar surface area (TPSA) is 0 Å². The molecule has 0 aromatic heterocycles. The summed E-state index contributed by atoms with van der Waals surface area (Å²) in [7, 11) is 0. The van der Waals surface area contributed by atoms with Crippen LogP contribution in [-0.4, -0.2) is 0 Å². The number of hydrogen-bond donors (Lipinski definition) is 0. The molecule has 0 spiro atoms. The Morgan fingerprint density at radius 1 is 0.938 bits per heavy atom. The predicted molar refractivity (Wildman–Crippen MR) is 71.5 cm³/mol. The average molecular weight is 222 g/mol. The van der Waals surface area contributed by atoms with Crippen LogP contribution in [0.3, 0.4) is 0 Å². The van der Waals surface area contributed by atoms with Gasteiger partial charge in [-0.3, -0.25) is 0 Å². The molecular formula is C16H30. The molecule has 1 unspecified atom stereocenters. The molecule has 2 aliphatic carbocycles. The van der Waals surface area contributed by atoms with Crippen LogP contribution < -0.4 is 0 Å². The molecule has 0 aliphatic heterocycles. The van der Waals surface area contributed by atoms with Crippen molar-refractivity contribution in [2.45, 2.75) is 84.0 Å². The Hall–Kier alpha value is 0. The molecule has 1 atom stereocenters. The zero-order valence-electron chi connectivity index (χ0n) is 11.2. The molecule has 2 fully saturated rings. The summed E-state index contributed by atoms with van der Waals surface area (Å²) >= 11 is 0. The summed E-state index contributed by atoms with van der Waals surface area (Å²) in [4.78, 5) is 0. The Kier molecular flexibility index (Phi) is 5.19. The molecule has 0 N–H and O–H groups in total. The van der Waals surface area contributed by atoms with Crippen LogP contribution in [0.1, 0.15) is 84.0 Å². The van der Waals surface area contributed by atoms with Crippen molar-refractivity contribution in [1.29, 1.82) is 0 Å². The molecule has 2 aliphatic rings. The van der Waals surface area contributed by atoms with Gasteiger partial charge in [0.05, 0.1) is 0 Å². The molecule has 0 saturated heterocycles. The van der Waals surface area contributed by atoms with Gasteiger partial charge in [0.1, 0.15) is 0 Å². The van der Waals surface area contributed by atoms with Crippen LogP contribution >= 0.6 is 0 Å². The molecule has 0 radical (unpaired) electrons. The number of unbranched alkanes of at least 4 members (excludes halogenated alkanes) is 1. The predicted octanol–water partition coefficient (Wildman–Crippen LogP) is 5.56. The molecule has 0 heterocycles. The van der Waals surface area contributed by atoms with Crippen LogP contribution in [-0.2, 0) is 0 Å². The Morgan fingerprint density at radius 2 is 1.69 bits per heavy atom. The second kappa shape index (κ2) is 6.67. The highest BCUT2D eigenvalue weighted by Crippen LogP contribution is 2.39. The van der Waals surface area contributed by atoms with Crippen molar-refractivity contribution in [3.8, 4) is 0 Å². The molecule has 2 saturated carbocycles. The first-order chi connectivity index (χ1) is 7.90. The lowest BCUT2D eigenvalue weighted by Crippen LogP contribution is -2.22.